The minimum atomic E-state index is 0.939. The van der Waals surface area contributed by atoms with Crippen molar-refractivity contribution < 1.29 is 4.42 Å². The highest BCUT2D eigenvalue weighted by atomic mass is 32.1. The van der Waals surface area contributed by atoms with Gasteiger partial charge in [-0.25, -0.2) is 0 Å². The van der Waals surface area contributed by atoms with Gasteiger partial charge in [0.15, 0.2) is 0 Å². The van der Waals surface area contributed by atoms with Gasteiger partial charge in [-0.3, -0.25) is 0 Å². The van der Waals surface area contributed by atoms with Crippen LogP contribution < -0.4 is 0 Å². The molecule has 2 heterocycles. The fourth-order valence-corrected chi connectivity index (χ4v) is 9.13. The van der Waals surface area contributed by atoms with Crippen LogP contribution in [0.5, 0.6) is 0 Å². The van der Waals surface area contributed by atoms with E-state index < -0.39 is 0 Å². The van der Waals surface area contributed by atoms with Crippen LogP contribution in [0.25, 0.3) is 107 Å². The molecule has 0 radical (unpaired) electrons. The molecule has 0 aliphatic rings. The van der Waals surface area contributed by atoms with Crippen LogP contribution >= 0.6 is 11.3 Å². The van der Waals surface area contributed by atoms with Crippen molar-refractivity contribution in [3.8, 4) is 22.3 Å². The summed E-state index contributed by atoms with van der Waals surface area (Å²) in [6.07, 6.45) is 0. The average molecular weight is 627 g/mol. The van der Waals surface area contributed by atoms with Gasteiger partial charge in [-0.2, -0.15) is 0 Å². The Balaban J connectivity index is 1.17. The molecule has 0 spiro atoms. The number of fused-ring (bicyclic) bond motifs is 11. The molecule has 0 atom stereocenters. The molecule has 1 nitrogen and oxygen atoms in total. The predicted octanol–water partition coefficient (Wildman–Crippen LogP) is 13.9. The zero-order chi connectivity index (χ0) is 31.3. The molecule has 0 unspecified atom stereocenters. The van der Waals surface area contributed by atoms with E-state index in [4.69, 9.17) is 4.42 Å². The van der Waals surface area contributed by atoms with Crippen LogP contribution in [0, 0.1) is 0 Å². The van der Waals surface area contributed by atoms with Crippen molar-refractivity contribution in [2.45, 2.75) is 0 Å². The van der Waals surface area contributed by atoms with E-state index in [1.807, 2.05) is 11.3 Å². The van der Waals surface area contributed by atoms with Crippen LogP contribution in [0.1, 0.15) is 0 Å². The number of hydrogen-bond acceptors (Lipinski definition) is 2. The lowest BCUT2D eigenvalue weighted by atomic mass is 9.85. The number of hydrogen-bond donors (Lipinski definition) is 0. The topological polar surface area (TPSA) is 13.1 Å². The summed E-state index contributed by atoms with van der Waals surface area (Å²) in [4.78, 5) is 0. The average Bonchev–Trinajstić information content (AvgIpc) is 3.69. The van der Waals surface area contributed by atoms with Crippen LogP contribution in [-0.4, -0.2) is 0 Å². The molecule has 9 aromatic carbocycles. The van der Waals surface area contributed by atoms with Gasteiger partial charge in [0.25, 0.3) is 0 Å². The van der Waals surface area contributed by atoms with Gasteiger partial charge < -0.3 is 4.42 Å². The summed E-state index contributed by atoms with van der Waals surface area (Å²) in [5, 5.41) is 14.8. The molecule has 11 rings (SSSR count). The molecule has 0 fully saturated rings. The highest BCUT2D eigenvalue weighted by Gasteiger charge is 2.19. The molecule has 2 heteroatoms. The molecule has 0 aliphatic carbocycles. The van der Waals surface area contributed by atoms with Crippen LogP contribution in [0.15, 0.2) is 162 Å². The summed E-state index contributed by atoms with van der Waals surface area (Å²) in [6.45, 7) is 0. The first-order valence-electron chi connectivity index (χ1n) is 16.4. The van der Waals surface area contributed by atoms with Gasteiger partial charge in [-0.1, -0.05) is 121 Å². The second-order valence-corrected chi connectivity index (χ2v) is 13.9. The van der Waals surface area contributed by atoms with E-state index in [1.165, 1.54) is 90.9 Å². The van der Waals surface area contributed by atoms with Gasteiger partial charge in [0.1, 0.15) is 11.2 Å². The molecule has 0 saturated heterocycles. The Kier molecular flexibility index (Phi) is 5.32. The summed E-state index contributed by atoms with van der Waals surface area (Å²) in [6, 6.07) is 57.8. The summed E-state index contributed by atoms with van der Waals surface area (Å²) in [5.41, 5.74) is 6.95. The molecule has 0 N–H and O–H groups in total. The van der Waals surface area contributed by atoms with Crippen LogP contribution in [0.2, 0.25) is 0 Å². The maximum Gasteiger partial charge on any atom is 0.143 e. The van der Waals surface area contributed by atoms with Gasteiger partial charge >= 0.3 is 0 Å². The Hall–Kier alpha value is -5.96. The van der Waals surface area contributed by atoms with Crippen molar-refractivity contribution in [2.75, 3.05) is 0 Å². The third kappa shape index (κ3) is 3.66. The summed E-state index contributed by atoms with van der Waals surface area (Å²) < 4.78 is 9.18. The first-order valence-corrected chi connectivity index (χ1v) is 17.2. The molecule has 48 heavy (non-hydrogen) atoms. The third-order valence-corrected chi connectivity index (χ3v) is 11.3. The van der Waals surface area contributed by atoms with E-state index >= 15 is 0 Å². The van der Waals surface area contributed by atoms with Crippen molar-refractivity contribution >= 4 is 96.5 Å². The molecule has 222 valence electrons. The Morgan fingerprint density at radius 2 is 0.896 bits per heavy atom. The maximum atomic E-state index is 6.61. The predicted molar refractivity (Wildman–Crippen MR) is 208 cm³/mol. The van der Waals surface area contributed by atoms with E-state index in [0.717, 1.165) is 16.6 Å². The Morgan fingerprint density at radius 1 is 0.333 bits per heavy atom. The lowest BCUT2D eigenvalue weighted by Crippen LogP contribution is -1.91. The van der Waals surface area contributed by atoms with Crippen molar-refractivity contribution in [3.05, 3.63) is 158 Å². The monoisotopic (exact) mass is 626 g/mol. The molecule has 0 saturated carbocycles. The van der Waals surface area contributed by atoms with Crippen molar-refractivity contribution in [1.82, 2.24) is 0 Å². The van der Waals surface area contributed by atoms with Gasteiger partial charge in [-0.05, 0) is 96.4 Å². The normalized spacial score (nSPS) is 12.2. The fourth-order valence-electron chi connectivity index (χ4n) is 8.02. The molecule has 0 amide bonds. The van der Waals surface area contributed by atoms with Crippen molar-refractivity contribution in [2.24, 2.45) is 0 Å². The zero-order valence-electron chi connectivity index (χ0n) is 25.8. The quantitative estimate of drug-likeness (QED) is 0.174. The van der Waals surface area contributed by atoms with Gasteiger partial charge in [0, 0.05) is 36.3 Å². The first-order chi connectivity index (χ1) is 23.8. The van der Waals surface area contributed by atoms with E-state index in [9.17, 15) is 0 Å². The highest BCUT2D eigenvalue weighted by Crippen LogP contribution is 2.46. The minimum absolute atomic E-state index is 0.939. The molecule has 11 aromatic rings. The Labute approximate surface area is 279 Å². The van der Waals surface area contributed by atoms with Gasteiger partial charge in [0.05, 0.1) is 0 Å². The molecule has 0 aliphatic heterocycles. The largest absolute Gasteiger partial charge is 0.455 e. The molecular formula is C46H26OS. The highest BCUT2D eigenvalue weighted by molar-refractivity contribution is 7.25. The van der Waals surface area contributed by atoms with Crippen LogP contribution in [0.3, 0.4) is 0 Å². The molecular weight excluding hydrogens is 601 g/mol. The van der Waals surface area contributed by atoms with Crippen LogP contribution in [-0.2, 0) is 0 Å². The molecule has 2 aromatic heterocycles. The summed E-state index contributed by atoms with van der Waals surface area (Å²) in [7, 11) is 0. The van der Waals surface area contributed by atoms with Gasteiger partial charge in [-0.15, -0.1) is 11.3 Å². The van der Waals surface area contributed by atoms with E-state index in [-0.39, 0.29) is 0 Å². The smallest absolute Gasteiger partial charge is 0.143 e. The Morgan fingerprint density at radius 3 is 1.62 bits per heavy atom. The van der Waals surface area contributed by atoms with Crippen molar-refractivity contribution in [3.63, 3.8) is 0 Å². The lowest BCUT2D eigenvalue weighted by molar-refractivity contribution is 0.673. The van der Waals surface area contributed by atoms with Gasteiger partial charge in [0.2, 0.25) is 0 Å². The summed E-state index contributed by atoms with van der Waals surface area (Å²) in [5.74, 6) is 0. The Bertz CT molecular complexity index is 3060. The first kappa shape index (κ1) is 26.1. The SMILES string of the molecule is c1ccc2cc(-c3c4ccccc4c(-c4ccc5sc6cc7c(cc6c5c4)oc4c5ccccc5ccc74)c4ccccc34)ccc2c1. The van der Waals surface area contributed by atoms with E-state index in [2.05, 4.69) is 158 Å². The number of rotatable bonds is 2. The molecule has 0 bridgehead atoms. The van der Waals surface area contributed by atoms with E-state index in [0.29, 0.717) is 0 Å². The summed E-state index contributed by atoms with van der Waals surface area (Å²) >= 11 is 1.86. The standard InChI is InChI=1S/C46H26OS/c1-2-11-29-23-30(18-17-27(29)9-1)44-33-13-5-7-15-35(33)45(36-16-8-6-14-34(36)44)31-20-22-42-39(24-31)40-25-41-38(26-43(40)48-42)37-21-19-28-10-3-4-12-32(28)46(37)47-41/h1-26H. The maximum absolute atomic E-state index is 6.61. The van der Waals surface area contributed by atoms with Crippen molar-refractivity contribution in [1.29, 1.82) is 0 Å². The fraction of sp³-hybridized carbons (Fsp3) is 0. The lowest BCUT2D eigenvalue weighted by Gasteiger charge is -2.18. The second-order valence-electron chi connectivity index (χ2n) is 12.8. The van der Waals surface area contributed by atoms with E-state index in [1.54, 1.807) is 0 Å². The minimum Gasteiger partial charge on any atom is -0.455 e. The number of thiophene rings is 1. The van der Waals surface area contributed by atoms with Crippen LogP contribution in [0.4, 0.5) is 0 Å². The third-order valence-electron chi connectivity index (χ3n) is 10.2. The zero-order valence-corrected chi connectivity index (χ0v) is 26.6. The second kappa shape index (κ2) is 9.78. The number of benzene rings is 9. The number of furan rings is 1.